The van der Waals surface area contributed by atoms with Crippen molar-refractivity contribution >= 4 is 5.97 Å². The molecule has 0 amide bonds. The molecule has 3 heteroatoms. The van der Waals surface area contributed by atoms with Gasteiger partial charge in [-0.3, -0.25) is 9.69 Å². The largest absolute Gasteiger partial charge is 0.461 e. The molecule has 0 heterocycles. The van der Waals surface area contributed by atoms with E-state index in [0.29, 0.717) is 24.3 Å². The predicted molar refractivity (Wildman–Crippen MR) is 79.0 cm³/mol. The second-order valence-corrected chi connectivity index (χ2v) is 6.32. The summed E-state index contributed by atoms with van der Waals surface area (Å²) < 4.78 is 5.79. The second-order valence-electron chi connectivity index (χ2n) is 6.32. The first-order chi connectivity index (χ1) is 8.97. The van der Waals surface area contributed by atoms with Crippen LogP contribution in [-0.4, -0.2) is 36.6 Å². The van der Waals surface area contributed by atoms with E-state index >= 15 is 0 Å². The van der Waals surface area contributed by atoms with E-state index in [2.05, 4.69) is 39.5 Å². The van der Waals surface area contributed by atoms with Crippen LogP contribution in [0.2, 0.25) is 0 Å². The number of carbonyl (C=O) groups is 1. The van der Waals surface area contributed by atoms with Gasteiger partial charge in [0.2, 0.25) is 0 Å². The van der Waals surface area contributed by atoms with E-state index in [1.54, 1.807) is 0 Å². The molecule has 1 aliphatic carbocycles. The van der Waals surface area contributed by atoms with Gasteiger partial charge >= 0.3 is 5.97 Å². The van der Waals surface area contributed by atoms with Gasteiger partial charge in [0.05, 0.1) is 6.54 Å². The van der Waals surface area contributed by atoms with Crippen LogP contribution in [0.25, 0.3) is 0 Å². The van der Waals surface area contributed by atoms with E-state index in [-0.39, 0.29) is 12.1 Å². The summed E-state index contributed by atoms with van der Waals surface area (Å²) in [6.07, 6.45) is 3.63. The standard InChI is InChI=1S/C16H31NO2/c1-6-17(7-2)11-16(18)19-15-10-13(5)8-9-14(15)12(3)4/h12-15H,6-11H2,1-5H3. The Labute approximate surface area is 118 Å². The Bertz CT molecular complexity index is 274. The Balaban J connectivity index is 2.53. The lowest BCUT2D eigenvalue weighted by atomic mass is 9.75. The van der Waals surface area contributed by atoms with Crippen molar-refractivity contribution in [1.29, 1.82) is 0 Å². The highest BCUT2D eigenvalue weighted by Crippen LogP contribution is 2.35. The molecule has 0 spiro atoms. The molecule has 3 nitrogen and oxygen atoms in total. The van der Waals surface area contributed by atoms with Crippen molar-refractivity contribution in [3.05, 3.63) is 0 Å². The molecule has 1 fully saturated rings. The quantitative estimate of drug-likeness (QED) is 0.693. The van der Waals surface area contributed by atoms with Crippen molar-refractivity contribution in [1.82, 2.24) is 4.90 Å². The number of ether oxygens (including phenoxy) is 1. The highest BCUT2D eigenvalue weighted by molar-refractivity contribution is 5.71. The molecule has 0 aromatic rings. The zero-order valence-corrected chi connectivity index (χ0v) is 13.3. The lowest BCUT2D eigenvalue weighted by Crippen LogP contribution is -2.39. The van der Waals surface area contributed by atoms with Gasteiger partial charge in [0.1, 0.15) is 6.10 Å². The fraction of sp³-hybridized carbons (Fsp3) is 0.938. The number of nitrogens with zero attached hydrogens (tertiary/aromatic N) is 1. The third kappa shape index (κ3) is 5.13. The van der Waals surface area contributed by atoms with Crippen LogP contribution in [0.5, 0.6) is 0 Å². The van der Waals surface area contributed by atoms with Gasteiger partial charge < -0.3 is 4.74 Å². The molecule has 0 bridgehead atoms. The summed E-state index contributed by atoms with van der Waals surface area (Å²) in [7, 11) is 0. The number of rotatable bonds is 6. The summed E-state index contributed by atoms with van der Waals surface area (Å²) in [4.78, 5) is 14.2. The molecule has 3 unspecified atom stereocenters. The van der Waals surface area contributed by atoms with E-state index in [1.807, 2.05) is 0 Å². The molecule has 0 aromatic heterocycles. The summed E-state index contributed by atoms with van der Waals surface area (Å²) in [5, 5.41) is 0. The maximum atomic E-state index is 12.1. The second kappa shape index (κ2) is 7.88. The molecule has 0 N–H and O–H groups in total. The van der Waals surface area contributed by atoms with Gasteiger partial charge in [0.15, 0.2) is 0 Å². The number of esters is 1. The lowest BCUT2D eigenvalue weighted by Gasteiger charge is -2.37. The average molecular weight is 269 g/mol. The van der Waals surface area contributed by atoms with Gasteiger partial charge in [-0.1, -0.05) is 41.0 Å². The van der Waals surface area contributed by atoms with Crippen molar-refractivity contribution in [2.45, 2.75) is 60.0 Å². The van der Waals surface area contributed by atoms with Crippen molar-refractivity contribution in [3.63, 3.8) is 0 Å². The van der Waals surface area contributed by atoms with Crippen LogP contribution < -0.4 is 0 Å². The number of hydrogen-bond acceptors (Lipinski definition) is 3. The Morgan fingerprint density at radius 1 is 1.26 bits per heavy atom. The Morgan fingerprint density at radius 3 is 2.42 bits per heavy atom. The normalized spacial score (nSPS) is 27.8. The van der Waals surface area contributed by atoms with Crippen molar-refractivity contribution in [2.24, 2.45) is 17.8 Å². The predicted octanol–water partition coefficient (Wildman–Crippen LogP) is 3.33. The molecule has 0 aromatic carbocycles. The summed E-state index contributed by atoms with van der Waals surface area (Å²) in [5.41, 5.74) is 0. The number of hydrogen-bond donors (Lipinski definition) is 0. The van der Waals surface area contributed by atoms with Crippen LogP contribution >= 0.6 is 0 Å². The highest BCUT2D eigenvalue weighted by Gasteiger charge is 2.33. The first-order valence-electron chi connectivity index (χ1n) is 7.89. The Morgan fingerprint density at radius 2 is 1.89 bits per heavy atom. The third-order valence-electron chi connectivity index (χ3n) is 4.49. The van der Waals surface area contributed by atoms with E-state index in [0.717, 1.165) is 19.5 Å². The van der Waals surface area contributed by atoms with Crippen LogP contribution in [0.15, 0.2) is 0 Å². The summed E-state index contributed by atoms with van der Waals surface area (Å²) in [5.74, 6) is 1.77. The summed E-state index contributed by atoms with van der Waals surface area (Å²) >= 11 is 0. The first-order valence-corrected chi connectivity index (χ1v) is 7.89. The van der Waals surface area contributed by atoms with Crippen LogP contribution in [0, 0.1) is 17.8 Å². The molecule has 1 aliphatic rings. The van der Waals surface area contributed by atoms with Crippen LogP contribution in [0.1, 0.15) is 53.9 Å². The van der Waals surface area contributed by atoms with Crippen LogP contribution in [0.3, 0.4) is 0 Å². The van der Waals surface area contributed by atoms with Crippen molar-refractivity contribution in [3.8, 4) is 0 Å². The van der Waals surface area contributed by atoms with Crippen LogP contribution in [-0.2, 0) is 9.53 Å². The maximum Gasteiger partial charge on any atom is 0.320 e. The summed E-state index contributed by atoms with van der Waals surface area (Å²) in [6.45, 7) is 13.1. The van der Waals surface area contributed by atoms with Gasteiger partial charge in [0.25, 0.3) is 0 Å². The molecule has 112 valence electrons. The molecule has 19 heavy (non-hydrogen) atoms. The van der Waals surface area contributed by atoms with E-state index < -0.39 is 0 Å². The minimum absolute atomic E-state index is 0.0477. The maximum absolute atomic E-state index is 12.1. The molecule has 0 aliphatic heterocycles. The fourth-order valence-electron chi connectivity index (χ4n) is 3.09. The van der Waals surface area contributed by atoms with Gasteiger partial charge in [-0.05, 0) is 43.7 Å². The van der Waals surface area contributed by atoms with Crippen LogP contribution in [0.4, 0.5) is 0 Å². The Kier molecular flexibility index (Phi) is 6.84. The van der Waals surface area contributed by atoms with E-state index in [4.69, 9.17) is 4.74 Å². The first kappa shape index (κ1) is 16.5. The minimum Gasteiger partial charge on any atom is -0.461 e. The molecule has 3 atom stereocenters. The zero-order chi connectivity index (χ0) is 14.4. The van der Waals surface area contributed by atoms with Gasteiger partial charge in [0, 0.05) is 0 Å². The number of carbonyl (C=O) groups excluding carboxylic acids is 1. The van der Waals surface area contributed by atoms with E-state index in [1.165, 1.54) is 12.8 Å². The topological polar surface area (TPSA) is 29.5 Å². The minimum atomic E-state index is -0.0477. The van der Waals surface area contributed by atoms with Crippen molar-refractivity contribution < 1.29 is 9.53 Å². The molecule has 0 saturated heterocycles. The highest BCUT2D eigenvalue weighted by atomic mass is 16.5. The Hall–Kier alpha value is -0.570. The molecular formula is C16H31NO2. The smallest absolute Gasteiger partial charge is 0.320 e. The molecular weight excluding hydrogens is 238 g/mol. The molecule has 1 rings (SSSR count). The van der Waals surface area contributed by atoms with Crippen molar-refractivity contribution in [2.75, 3.05) is 19.6 Å². The number of likely N-dealkylation sites (N-methyl/N-ethyl adjacent to an activating group) is 1. The van der Waals surface area contributed by atoms with Gasteiger partial charge in [-0.15, -0.1) is 0 Å². The monoisotopic (exact) mass is 269 g/mol. The van der Waals surface area contributed by atoms with E-state index in [9.17, 15) is 4.79 Å². The van der Waals surface area contributed by atoms with Gasteiger partial charge in [-0.2, -0.15) is 0 Å². The van der Waals surface area contributed by atoms with Gasteiger partial charge in [-0.25, -0.2) is 0 Å². The average Bonchev–Trinajstić information content (AvgIpc) is 2.35. The fourth-order valence-corrected chi connectivity index (χ4v) is 3.09. The molecule has 0 radical (unpaired) electrons. The SMILES string of the molecule is CCN(CC)CC(=O)OC1CC(C)CCC1C(C)C. The summed E-state index contributed by atoms with van der Waals surface area (Å²) in [6, 6.07) is 0. The zero-order valence-electron chi connectivity index (χ0n) is 13.3. The molecule has 1 saturated carbocycles. The lowest BCUT2D eigenvalue weighted by molar-refractivity contribution is -0.157. The third-order valence-corrected chi connectivity index (χ3v) is 4.49.